The molecule has 0 aromatic heterocycles. The molecule has 0 unspecified atom stereocenters. The Bertz CT molecular complexity index is 555. The predicted molar refractivity (Wildman–Crippen MR) is 85.1 cm³/mol. The molecule has 1 aromatic rings. The van der Waals surface area contributed by atoms with Crippen molar-refractivity contribution >= 4 is 11.9 Å². The minimum Gasteiger partial charge on any atom is -0.315 e. The van der Waals surface area contributed by atoms with E-state index in [1.165, 1.54) is 0 Å². The van der Waals surface area contributed by atoms with Gasteiger partial charge in [-0.25, -0.2) is 4.79 Å². The maximum Gasteiger partial charge on any atom is 0.327 e. The summed E-state index contributed by atoms with van der Waals surface area (Å²) in [5.41, 5.74) is 1.12. The van der Waals surface area contributed by atoms with Gasteiger partial charge < -0.3 is 4.90 Å². The lowest BCUT2D eigenvalue weighted by molar-refractivity contribution is -0.132. The number of hydrogen-bond acceptors (Lipinski definition) is 2. The van der Waals surface area contributed by atoms with Crippen LogP contribution in [0.15, 0.2) is 30.3 Å². The van der Waals surface area contributed by atoms with Crippen LogP contribution in [0.1, 0.15) is 45.1 Å². The van der Waals surface area contributed by atoms with Crippen molar-refractivity contribution in [2.45, 2.75) is 58.2 Å². The molecule has 2 aliphatic rings. The number of nitrogens with zero attached hydrogens (tertiary/aromatic N) is 2. The monoisotopic (exact) mass is 300 g/mol. The van der Waals surface area contributed by atoms with Crippen LogP contribution in [0.2, 0.25) is 0 Å². The van der Waals surface area contributed by atoms with Gasteiger partial charge >= 0.3 is 6.03 Å². The van der Waals surface area contributed by atoms with Crippen LogP contribution < -0.4 is 0 Å². The number of benzene rings is 1. The second kappa shape index (κ2) is 6.11. The molecule has 1 saturated carbocycles. The summed E-state index contributed by atoms with van der Waals surface area (Å²) in [6.07, 6.45) is 4.20. The summed E-state index contributed by atoms with van der Waals surface area (Å²) in [4.78, 5) is 28.8. The van der Waals surface area contributed by atoms with E-state index in [0.29, 0.717) is 6.54 Å². The molecule has 2 atom stereocenters. The summed E-state index contributed by atoms with van der Waals surface area (Å²) in [5, 5.41) is 0. The van der Waals surface area contributed by atoms with Crippen LogP contribution in [0.3, 0.4) is 0 Å². The normalized spacial score (nSPS) is 24.8. The lowest BCUT2D eigenvalue weighted by Crippen LogP contribution is -2.44. The second-order valence-electron chi connectivity index (χ2n) is 6.68. The molecule has 1 aromatic carbocycles. The minimum absolute atomic E-state index is 0.0301. The maximum atomic E-state index is 12.9. The molecule has 0 bridgehead atoms. The van der Waals surface area contributed by atoms with Crippen LogP contribution in [0.25, 0.3) is 0 Å². The predicted octanol–water partition coefficient (Wildman–Crippen LogP) is 3.42. The summed E-state index contributed by atoms with van der Waals surface area (Å²) >= 11 is 0. The SMILES string of the molecule is CC(C)C(=O)N1C(=O)N(Cc2ccccc2)[C@@H]2CCCC[C@H]21. The quantitative estimate of drug-likeness (QED) is 0.858. The molecule has 22 heavy (non-hydrogen) atoms. The first-order valence-corrected chi connectivity index (χ1v) is 8.27. The highest BCUT2D eigenvalue weighted by atomic mass is 16.2. The average molecular weight is 300 g/mol. The highest BCUT2D eigenvalue weighted by Gasteiger charge is 2.49. The van der Waals surface area contributed by atoms with Crippen LogP contribution in [-0.4, -0.2) is 33.8 Å². The molecule has 0 N–H and O–H groups in total. The Hall–Kier alpha value is -1.84. The van der Waals surface area contributed by atoms with Gasteiger partial charge in [-0.3, -0.25) is 9.69 Å². The van der Waals surface area contributed by atoms with Gasteiger partial charge in [0.1, 0.15) is 0 Å². The molecule has 0 radical (unpaired) electrons. The van der Waals surface area contributed by atoms with Crippen molar-refractivity contribution in [3.8, 4) is 0 Å². The van der Waals surface area contributed by atoms with Crippen molar-refractivity contribution in [3.05, 3.63) is 35.9 Å². The third-order valence-electron chi connectivity index (χ3n) is 4.80. The third-order valence-corrected chi connectivity index (χ3v) is 4.80. The number of carbonyl (C=O) groups excluding carboxylic acids is 2. The van der Waals surface area contributed by atoms with Gasteiger partial charge in [0.05, 0.1) is 12.1 Å². The highest BCUT2D eigenvalue weighted by molar-refractivity contribution is 5.97. The first-order valence-electron chi connectivity index (χ1n) is 8.27. The van der Waals surface area contributed by atoms with Crippen molar-refractivity contribution in [2.24, 2.45) is 5.92 Å². The summed E-state index contributed by atoms with van der Waals surface area (Å²) < 4.78 is 0. The van der Waals surface area contributed by atoms with E-state index in [2.05, 4.69) is 0 Å². The standard InChI is InChI=1S/C18H24N2O2/c1-13(2)17(21)20-16-11-7-6-10-15(16)19(18(20)22)12-14-8-4-3-5-9-14/h3-5,8-9,13,15-16H,6-7,10-12H2,1-2H3/t15-,16-/m1/s1. The van der Waals surface area contributed by atoms with Crippen LogP contribution in [-0.2, 0) is 11.3 Å². The lowest BCUT2D eigenvalue weighted by Gasteiger charge is -2.31. The number of fused-ring (bicyclic) bond motifs is 1. The fraction of sp³-hybridized carbons (Fsp3) is 0.556. The molecule has 118 valence electrons. The molecule has 4 nitrogen and oxygen atoms in total. The van der Waals surface area contributed by atoms with E-state index < -0.39 is 0 Å². The van der Waals surface area contributed by atoms with Crippen LogP contribution in [0.4, 0.5) is 4.79 Å². The molecule has 0 spiro atoms. The van der Waals surface area contributed by atoms with E-state index >= 15 is 0 Å². The lowest BCUT2D eigenvalue weighted by atomic mass is 9.89. The number of urea groups is 1. The largest absolute Gasteiger partial charge is 0.327 e. The van der Waals surface area contributed by atoms with E-state index in [1.54, 1.807) is 4.90 Å². The van der Waals surface area contributed by atoms with Crippen LogP contribution >= 0.6 is 0 Å². The maximum absolute atomic E-state index is 12.9. The van der Waals surface area contributed by atoms with Gasteiger partial charge in [0, 0.05) is 12.5 Å². The third kappa shape index (κ3) is 2.62. The molecular formula is C18H24N2O2. The van der Waals surface area contributed by atoms with E-state index in [-0.39, 0.29) is 29.9 Å². The van der Waals surface area contributed by atoms with Gasteiger partial charge in [0.2, 0.25) is 5.91 Å². The first kappa shape index (κ1) is 15.1. The summed E-state index contributed by atoms with van der Waals surface area (Å²) in [5.74, 6) is -0.166. The molecular weight excluding hydrogens is 276 g/mol. The van der Waals surface area contributed by atoms with E-state index in [9.17, 15) is 9.59 Å². The fourth-order valence-electron chi connectivity index (χ4n) is 3.68. The summed E-state index contributed by atoms with van der Waals surface area (Å²) in [7, 11) is 0. The van der Waals surface area contributed by atoms with Crippen LogP contribution in [0, 0.1) is 5.92 Å². The second-order valence-corrected chi connectivity index (χ2v) is 6.68. The van der Waals surface area contributed by atoms with E-state index in [4.69, 9.17) is 0 Å². The van der Waals surface area contributed by atoms with Gasteiger partial charge in [0.25, 0.3) is 0 Å². The van der Waals surface area contributed by atoms with Gasteiger partial charge in [-0.05, 0) is 18.4 Å². The Labute approximate surface area is 132 Å². The Morgan fingerprint density at radius 3 is 2.41 bits per heavy atom. The Balaban J connectivity index is 1.86. The minimum atomic E-state index is -0.136. The molecule has 2 fully saturated rings. The van der Waals surface area contributed by atoms with Gasteiger partial charge in [0.15, 0.2) is 0 Å². The number of imide groups is 1. The van der Waals surface area contributed by atoms with E-state index in [1.807, 2.05) is 49.1 Å². The zero-order chi connectivity index (χ0) is 15.7. The van der Waals surface area contributed by atoms with Gasteiger partial charge in [-0.2, -0.15) is 0 Å². The average Bonchev–Trinajstić information content (AvgIpc) is 2.80. The summed E-state index contributed by atoms with van der Waals surface area (Å²) in [6.45, 7) is 4.34. The number of carbonyl (C=O) groups is 2. The first-order chi connectivity index (χ1) is 10.6. The zero-order valence-corrected chi connectivity index (χ0v) is 13.4. The molecule has 1 aliphatic carbocycles. The zero-order valence-electron chi connectivity index (χ0n) is 13.4. The molecule has 4 heteroatoms. The molecule has 1 heterocycles. The van der Waals surface area contributed by atoms with E-state index in [0.717, 1.165) is 31.2 Å². The number of amides is 3. The van der Waals surface area contributed by atoms with Crippen LogP contribution in [0.5, 0.6) is 0 Å². The van der Waals surface area contributed by atoms with Gasteiger partial charge in [-0.15, -0.1) is 0 Å². The Kier molecular flexibility index (Phi) is 4.19. The van der Waals surface area contributed by atoms with Crippen molar-refractivity contribution < 1.29 is 9.59 Å². The van der Waals surface area contributed by atoms with Gasteiger partial charge in [-0.1, -0.05) is 57.0 Å². The Morgan fingerprint density at radius 1 is 1.14 bits per heavy atom. The van der Waals surface area contributed by atoms with Crippen molar-refractivity contribution in [3.63, 3.8) is 0 Å². The number of rotatable bonds is 3. The molecule has 1 aliphatic heterocycles. The smallest absolute Gasteiger partial charge is 0.315 e. The van der Waals surface area contributed by atoms with Crippen molar-refractivity contribution in [2.75, 3.05) is 0 Å². The molecule has 3 amide bonds. The van der Waals surface area contributed by atoms with Crippen molar-refractivity contribution in [1.82, 2.24) is 9.80 Å². The topological polar surface area (TPSA) is 40.6 Å². The summed E-state index contributed by atoms with van der Waals surface area (Å²) in [6, 6.07) is 10.2. The fourth-order valence-corrected chi connectivity index (χ4v) is 3.68. The van der Waals surface area contributed by atoms with Crippen molar-refractivity contribution in [1.29, 1.82) is 0 Å². The highest BCUT2D eigenvalue weighted by Crippen LogP contribution is 2.35. The number of hydrogen-bond donors (Lipinski definition) is 0. The molecule has 3 rings (SSSR count). The Morgan fingerprint density at radius 2 is 1.77 bits per heavy atom. The molecule has 1 saturated heterocycles.